The maximum atomic E-state index is 4.60. The summed E-state index contributed by atoms with van der Waals surface area (Å²) >= 11 is 0. The van der Waals surface area contributed by atoms with E-state index in [0.29, 0.717) is 5.92 Å². The zero-order valence-electron chi connectivity index (χ0n) is 14.7. The largest absolute Gasteiger partial charge is 0.287 e. The van der Waals surface area contributed by atoms with Crippen LogP contribution in [-0.2, 0) is 13.5 Å². The van der Waals surface area contributed by atoms with Crippen LogP contribution in [0.3, 0.4) is 0 Å². The van der Waals surface area contributed by atoms with E-state index in [1.807, 2.05) is 6.33 Å². The molecule has 0 saturated carbocycles. The highest BCUT2D eigenvalue weighted by Crippen LogP contribution is 2.28. The Labute approximate surface area is 138 Å². The molecule has 0 spiro atoms. The van der Waals surface area contributed by atoms with Gasteiger partial charge in [0, 0.05) is 5.56 Å². The molecule has 1 aromatic heterocycles. The lowest BCUT2D eigenvalue weighted by molar-refractivity contribution is -0.662. The summed E-state index contributed by atoms with van der Waals surface area (Å²) in [6.45, 7) is 8.85. The SMILES string of the molecule is Cc1ccc(C)c(-c2c3cc(CC(C)C)ccc3nc[n+]2C)c1. The minimum Gasteiger partial charge on any atom is -0.232 e. The highest BCUT2D eigenvalue weighted by molar-refractivity contribution is 5.91. The fourth-order valence-electron chi connectivity index (χ4n) is 3.21. The number of rotatable bonds is 3. The molecule has 0 radical (unpaired) electrons. The Balaban J connectivity index is 2.29. The van der Waals surface area contributed by atoms with Crippen molar-refractivity contribution in [2.24, 2.45) is 13.0 Å². The number of fused-ring (bicyclic) bond motifs is 1. The van der Waals surface area contributed by atoms with Gasteiger partial charge in [-0.2, -0.15) is 0 Å². The van der Waals surface area contributed by atoms with Crippen LogP contribution in [0.1, 0.15) is 30.5 Å². The van der Waals surface area contributed by atoms with Gasteiger partial charge in [0.15, 0.2) is 5.52 Å². The summed E-state index contributed by atoms with van der Waals surface area (Å²) in [6.07, 6.45) is 3.02. The molecule has 0 atom stereocenters. The molecule has 0 N–H and O–H groups in total. The number of aromatic nitrogens is 2. The predicted octanol–water partition coefficient (Wildman–Crippen LogP) is 4.54. The molecule has 3 aromatic rings. The molecule has 0 aliphatic heterocycles. The van der Waals surface area contributed by atoms with Crippen LogP contribution in [0.4, 0.5) is 0 Å². The highest BCUT2D eigenvalue weighted by Gasteiger charge is 2.17. The van der Waals surface area contributed by atoms with Crippen molar-refractivity contribution in [2.45, 2.75) is 34.1 Å². The molecule has 0 bridgehead atoms. The van der Waals surface area contributed by atoms with Crippen LogP contribution in [-0.4, -0.2) is 4.98 Å². The van der Waals surface area contributed by atoms with E-state index in [1.165, 1.54) is 33.3 Å². The van der Waals surface area contributed by atoms with Gasteiger partial charge in [0.1, 0.15) is 5.69 Å². The molecule has 1 heterocycles. The molecule has 23 heavy (non-hydrogen) atoms. The quantitative estimate of drug-likeness (QED) is 0.649. The summed E-state index contributed by atoms with van der Waals surface area (Å²) < 4.78 is 2.14. The van der Waals surface area contributed by atoms with E-state index in [4.69, 9.17) is 0 Å². The van der Waals surface area contributed by atoms with Crippen LogP contribution in [0.2, 0.25) is 0 Å². The Morgan fingerprint density at radius 1 is 1.04 bits per heavy atom. The molecule has 0 amide bonds. The van der Waals surface area contributed by atoms with E-state index in [-0.39, 0.29) is 0 Å². The Morgan fingerprint density at radius 3 is 2.57 bits per heavy atom. The second kappa shape index (κ2) is 6.11. The van der Waals surface area contributed by atoms with Crippen LogP contribution in [0.5, 0.6) is 0 Å². The van der Waals surface area contributed by atoms with Gasteiger partial charge in [0.25, 0.3) is 6.33 Å². The van der Waals surface area contributed by atoms with Crippen LogP contribution in [0, 0.1) is 19.8 Å². The van der Waals surface area contributed by atoms with Gasteiger partial charge in [0.2, 0.25) is 0 Å². The first kappa shape index (κ1) is 15.7. The fraction of sp³-hybridized carbons (Fsp3) is 0.333. The molecule has 0 unspecified atom stereocenters. The fourth-order valence-corrected chi connectivity index (χ4v) is 3.21. The Morgan fingerprint density at radius 2 is 1.83 bits per heavy atom. The van der Waals surface area contributed by atoms with Gasteiger partial charge in [-0.3, -0.25) is 0 Å². The van der Waals surface area contributed by atoms with E-state index in [0.717, 1.165) is 11.9 Å². The molecule has 3 rings (SSSR count). The van der Waals surface area contributed by atoms with E-state index < -0.39 is 0 Å². The molecule has 2 aromatic carbocycles. The van der Waals surface area contributed by atoms with Crippen molar-refractivity contribution in [3.63, 3.8) is 0 Å². The smallest absolute Gasteiger partial charge is 0.232 e. The van der Waals surface area contributed by atoms with Gasteiger partial charge in [-0.05, 0) is 60.5 Å². The van der Waals surface area contributed by atoms with Crippen molar-refractivity contribution in [3.8, 4) is 11.3 Å². The van der Waals surface area contributed by atoms with Gasteiger partial charge >= 0.3 is 0 Å². The number of hydrogen-bond acceptors (Lipinski definition) is 1. The molecule has 2 heteroatoms. The molecule has 2 nitrogen and oxygen atoms in total. The number of aryl methyl sites for hydroxylation is 3. The van der Waals surface area contributed by atoms with Gasteiger partial charge < -0.3 is 0 Å². The molecule has 0 aliphatic rings. The molecule has 0 saturated heterocycles. The first-order valence-corrected chi connectivity index (χ1v) is 8.30. The standard InChI is InChI=1S/C21H25N2/c1-14(2)10-17-8-9-20-19(12-17)21(23(5)13-22-20)18-11-15(3)6-7-16(18)4/h6-9,11-14H,10H2,1-5H3/q+1. The van der Waals surface area contributed by atoms with Crippen molar-refractivity contribution in [1.82, 2.24) is 4.98 Å². The van der Waals surface area contributed by atoms with E-state index in [1.54, 1.807) is 0 Å². The highest BCUT2D eigenvalue weighted by atomic mass is 15.0. The normalized spacial score (nSPS) is 11.4. The van der Waals surface area contributed by atoms with Crippen molar-refractivity contribution < 1.29 is 4.57 Å². The third kappa shape index (κ3) is 3.12. The molecule has 0 fully saturated rings. The lowest BCUT2D eigenvalue weighted by Crippen LogP contribution is -2.31. The Hall–Kier alpha value is -2.22. The first-order chi connectivity index (χ1) is 11.0. The summed E-state index contributed by atoms with van der Waals surface area (Å²) in [5.41, 5.74) is 7.57. The number of nitrogens with zero attached hydrogens (tertiary/aromatic N) is 2. The van der Waals surface area contributed by atoms with E-state index in [2.05, 4.69) is 80.7 Å². The summed E-state index contributed by atoms with van der Waals surface area (Å²) in [7, 11) is 2.08. The average molecular weight is 305 g/mol. The Kier molecular flexibility index (Phi) is 4.16. The minimum absolute atomic E-state index is 0.655. The average Bonchev–Trinajstić information content (AvgIpc) is 2.49. The zero-order valence-corrected chi connectivity index (χ0v) is 14.7. The second-order valence-corrected chi connectivity index (χ2v) is 6.97. The summed E-state index contributed by atoms with van der Waals surface area (Å²) in [5, 5.41) is 1.24. The van der Waals surface area contributed by atoms with Crippen molar-refractivity contribution in [3.05, 3.63) is 59.4 Å². The maximum absolute atomic E-state index is 4.60. The monoisotopic (exact) mass is 305 g/mol. The number of hydrogen-bond donors (Lipinski definition) is 0. The molecular weight excluding hydrogens is 280 g/mol. The predicted molar refractivity (Wildman–Crippen MR) is 96.4 cm³/mol. The molecule has 0 aliphatic carbocycles. The van der Waals surface area contributed by atoms with Crippen molar-refractivity contribution >= 4 is 10.9 Å². The third-order valence-corrected chi connectivity index (χ3v) is 4.33. The lowest BCUT2D eigenvalue weighted by Gasteiger charge is -2.11. The molecular formula is C21H25N2+. The first-order valence-electron chi connectivity index (χ1n) is 8.30. The summed E-state index contributed by atoms with van der Waals surface area (Å²) in [5.74, 6) is 0.655. The van der Waals surface area contributed by atoms with Crippen LogP contribution >= 0.6 is 0 Å². The van der Waals surface area contributed by atoms with Gasteiger partial charge in [0.05, 0.1) is 12.4 Å². The lowest BCUT2D eigenvalue weighted by atomic mass is 9.96. The summed E-state index contributed by atoms with van der Waals surface area (Å²) in [4.78, 5) is 4.60. The van der Waals surface area contributed by atoms with Gasteiger partial charge in [-0.15, -0.1) is 0 Å². The number of benzene rings is 2. The minimum atomic E-state index is 0.655. The van der Waals surface area contributed by atoms with Crippen LogP contribution in [0.15, 0.2) is 42.7 Å². The molecule has 118 valence electrons. The summed E-state index contributed by atoms with van der Waals surface area (Å²) in [6, 6.07) is 13.3. The van der Waals surface area contributed by atoms with Gasteiger partial charge in [-0.1, -0.05) is 37.6 Å². The second-order valence-electron chi connectivity index (χ2n) is 6.97. The van der Waals surface area contributed by atoms with E-state index >= 15 is 0 Å². The van der Waals surface area contributed by atoms with Crippen molar-refractivity contribution in [2.75, 3.05) is 0 Å². The van der Waals surface area contributed by atoms with Crippen LogP contribution < -0.4 is 4.57 Å². The van der Waals surface area contributed by atoms with Crippen LogP contribution in [0.25, 0.3) is 22.2 Å². The van der Waals surface area contributed by atoms with Crippen molar-refractivity contribution in [1.29, 1.82) is 0 Å². The third-order valence-electron chi connectivity index (χ3n) is 4.33. The Bertz CT molecular complexity index is 863. The maximum Gasteiger partial charge on any atom is 0.287 e. The topological polar surface area (TPSA) is 16.8 Å². The zero-order chi connectivity index (χ0) is 16.6. The van der Waals surface area contributed by atoms with E-state index in [9.17, 15) is 0 Å². The van der Waals surface area contributed by atoms with Gasteiger partial charge in [-0.25, -0.2) is 4.57 Å².